The van der Waals surface area contributed by atoms with Crippen LogP contribution in [0.15, 0.2) is 18.2 Å². The summed E-state index contributed by atoms with van der Waals surface area (Å²) < 4.78 is 14.1. The van der Waals surface area contributed by atoms with Crippen LogP contribution in [-0.2, 0) is 9.59 Å². The maximum Gasteiger partial charge on any atom is 0.224 e. The molecular formula is C16H20ClFN2O2. The highest BCUT2D eigenvalue weighted by Gasteiger charge is 2.29. The normalized spacial score (nSPS) is 19.7. The summed E-state index contributed by atoms with van der Waals surface area (Å²) in [5, 5.41) is 5.90. The minimum atomic E-state index is -0.449. The molecule has 1 aromatic carbocycles. The molecule has 2 rings (SSSR count). The standard InChI is InChI=1S/C16H20ClFN2O2/c1-9(2)15(12-4-3-11(17)8-13(12)18)20-16(22)10-5-6-19-14(21)7-10/h3-4,8-10,15H,5-7H2,1-2H3,(H,19,21)(H,20,22)/t10-,15-/m1/s1. The third kappa shape index (κ3) is 3.97. The van der Waals surface area contributed by atoms with E-state index in [1.54, 1.807) is 12.1 Å². The van der Waals surface area contributed by atoms with Crippen LogP contribution in [0.1, 0.15) is 38.3 Å². The van der Waals surface area contributed by atoms with Crippen LogP contribution >= 0.6 is 11.6 Å². The molecular weight excluding hydrogens is 307 g/mol. The summed E-state index contributed by atoms with van der Waals surface area (Å²) >= 11 is 5.77. The molecule has 1 heterocycles. The first kappa shape index (κ1) is 16.7. The maximum absolute atomic E-state index is 14.1. The third-order valence-electron chi connectivity index (χ3n) is 3.88. The second-order valence-electron chi connectivity index (χ2n) is 5.94. The van der Waals surface area contributed by atoms with Crippen molar-refractivity contribution >= 4 is 23.4 Å². The molecule has 1 aliphatic heterocycles. The van der Waals surface area contributed by atoms with Crippen LogP contribution in [0.5, 0.6) is 0 Å². The molecule has 2 atom stereocenters. The van der Waals surface area contributed by atoms with E-state index in [0.29, 0.717) is 23.6 Å². The van der Waals surface area contributed by atoms with E-state index in [-0.39, 0.29) is 30.1 Å². The van der Waals surface area contributed by atoms with Crippen LogP contribution in [0.25, 0.3) is 0 Å². The topological polar surface area (TPSA) is 58.2 Å². The van der Waals surface area contributed by atoms with Gasteiger partial charge in [-0.1, -0.05) is 31.5 Å². The number of halogens is 2. The zero-order valence-corrected chi connectivity index (χ0v) is 13.4. The van der Waals surface area contributed by atoms with E-state index in [9.17, 15) is 14.0 Å². The molecule has 0 aliphatic carbocycles. The summed E-state index contributed by atoms with van der Waals surface area (Å²) in [6.07, 6.45) is 0.783. The lowest BCUT2D eigenvalue weighted by molar-refractivity contribution is -0.133. The van der Waals surface area contributed by atoms with Gasteiger partial charge < -0.3 is 10.6 Å². The van der Waals surface area contributed by atoms with Crippen LogP contribution in [-0.4, -0.2) is 18.4 Å². The summed E-state index contributed by atoms with van der Waals surface area (Å²) in [6.45, 7) is 4.32. The zero-order valence-electron chi connectivity index (χ0n) is 12.7. The van der Waals surface area contributed by atoms with Crippen LogP contribution in [0, 0.1) is 17.7 Å². The van der Waals surface area contributed by atoms with Gasteiger partial charge >= 0.3 is 0 Å². The van der Waals surface area contributed by atoms with Crippen LogP contribution < -0.4 is 10.6 Å². The molecule has 0 bridgehead atoms. The second-order valence-corrected chi connectivity index (χ2v) is 6.37. The van der Waals surface area contributed by atoms with Gasteiger partial charge in [0.15, 0.2) is 0 Å². The minimum absolute atomic E-state index is 0.0112. The van der Waals surface area contributed by atoms with Gasteiger partial charge in [-0.2, -0.15) is 0 Å². The highest BCUT2D eigenvalue weighted by Crippen LogP contribution is 2.27. The SMILES string of the molecule is CC(C)[C@@H](NC(=O)[C@@H]1CCNC(=O)C1)c1ccc(Cl)cc1F. The van der Waals surface area contributed by atoms with Crippen molar-refractivity contribution in [2.75, 3.05) is 6.54 Å². The number of rotatable bonds is 4. The molecule has 1 aromatic rings. The first-order valence-corrected chi connectivity index (χ1v) is 7.78. The van der Waals surface area contributed by atoms with Gasteiger partial charge in [0.05, 0.1) is 6.04 Å². The van der Waals surface area contributed by atoms with Crippen molar-refractivity contribution in [3.8, 4) is 0 Å². The number of hydrogen-bond acceptors (Lipinski definition) is 2. The van der Waals surface area contributed by atoms with E-state index < -0.39 is 11.9 Å². The molecule has 4 nitrogen and oxygen atoms in total. The fraction of sp³-hybridized carbons (Fsp3) is 0.500. The first-order valence-electron chi connectivity index (χ1n) is 7.40. The Hall–Kier alpha value is -1.62. The molecule has 1 saturated heterocycles. The van der Waals surface area contributed by atoms with Gasteiger partial charge in [0, 0.05) is 29.5 Å². The second kappa shape index (κ2) is 7.09. The number of carbonyl (C=O) groups is 2. The van der Waals surface area contributed by atoms with Gasteiger partial charge in [-0.15, -0.1) is 0 Å². The number of amides is 2. The summed E-state index contributed by atoms with van der Waals surface area (Å²) in [4.78, 5) is 23.8. The molecule has 120 valence electrons. The Labute approximate surface area is 134 Å². The number of piperidine rings is 1. The summed E-state index contributed by atoms with van der Waals surface area (Å²) in [5.41, 5.74) is 0.410. The Morgan fingerprint density at radius 3 is 2.77 bits per heavy atom. The average Bonchev–Trinajstić information content (AvgIpc) is 2.45. The van der Waals surface area contributed by atoms with Crippen molar-refractivity contribution in [2.45, 2.75) is 32.7 Å². The Morgan fingerprint density at radius 2 is 2.18 bits per heavy atom. The number of carbonyl (C=O) groups excluding carboxylic acids is 2. The molecule has 22 heavy (non-hydrogen) atoms. The number of nitrogens with one attached hydrogen (secondary N) is 2. The zero-order chi connectivity index (χ0) is 16.3. The fourth-order valence-corrected chi connectivity index (χ4v) is 2.79. The van der Waals surface area contributed by atoms with Crippen LogP contribution in [0.4, 0.5) is 4.39 Å². The molecule has 0 aromatic heterocycles. The van der Waals surface area contributed by atoms with E-state index in [0.717, 1.165) is 0 Å². The van der Waals surface area contributed by atoms with E-state index in [1.165, 1.54) is 6.07 Å². The highest BCUT2D eigenvalue weighted by atomic mass is 35.5. The van der Waals surface area contributed by atoms with Gasteiger partial charge in [-0.05, 0) is 24.5 Å². The predicted molar refractivity (Wildman–Crippen MR) is 82.9 cm³/mol. The van der Waals surface area contributed by atoms with Crippen LogP contribution in [0.2, 0.25) is 5.02 Å². The summed E-state index contributed by atoms with van der Waals surface area (Å²) in [6, 6.07) is 3.99. The lowest BCUT2D eigenvalue weighted by atomic mass is 9.92. The van der Waals surface area contributed by atoms with Crippen molar-refractivity contribution in [2.24, 2.45) is 11.8 Å². The van der Waals surface area contributed by atoms with Crippen molar-refractivity contribution in [3.63, 3.8) is 0 Å². The fourth-order valence-electron chi connectivity index (χ4n) is 2.64. The number of benzene rings is 1. The highest BCUT2D eigenvalue weighted by molar-refractivity contribution is 6.30. The van der Waals surface area contributed by atoms with Crippen molar-refractivity contribution in [3.05, 3.63) is 34.6 Å². The largest absolute Gasteiger partial charge is 0.356 e. The molecule has 6 heteroatoms. The quantitative estimate of drug-likeness (QED) is 0.894. The van der Waals surface area contributed by atoms with E-state index in [1.807, 2.05) is 13.8 Å². The van der Waals surface area contributed by atoms with Crippen molar-refractivity contribution in [1.29, 1.82) is 0 Å². The molecule has 2 N–H and O–H groups in total. The van der Waals surface area contributed by atoms with Crippen LogP contribution in [0.3, 0.4) is 0 Å². The van der Waals surface area contributed by atoms with E-state index in [4.69, 9.17) is 11.6 Å². The Balaban J connectivity index is 2.15. The summed E-state index contributed by atoms with van der Waals surface area (Å²) in [7, 11) is 0. The molecule has 1 aliphatic rings. The van der Waals surface area contributed by atoms with Gasteiger partial charge in [0.25, 0.3) is 0 Å². The van der Waals surface area contributed by atoms with Gasteiger partial charge in [-0.3, -0.25) is 9.59 Å². The number of hydrogen-bond donors (Lipinski definition) is 2. The lowest BCUT2D eigenvalue weighted by Gasteiger charge is -2.27. The van der Waals surface area contributed by atoms with E-state index >= 15 is 0 Å². The third-order valence-corrected chi connectivity index (χ3v) is 4.11. The monoisotopic (exact) mass is 326 g/mol. The van der Waals surface area contributed by atoms with Crippen molar-refractivity contribution < 1.29 is 14.0 Å². The van der Waals surface area contributed by atoms with Gasteiger partial charge in [0.1, 0.15) is 5.82 Å². The minimum Gasteiger partial charge on any atom is -0.356 e. The average molecular weight is 327 g/mol. The Morgan fingerprint density at radius 1 is 1.45 bits per heavy atom. The molecule has 0 saturated carbocycles. The van der Waals surface area contributed by atoms with Gasteiger partial charge in [-0.25, -0.2) is 4.39 Å². The molecule has 0 radical (unpaired) electrons. The molecule has 0 spiro atoms. The smallest absolute Gasteiger partial charge is 0.224 e. The maximum atomic E-state index is 14.1. The molecule has 1 fully saturated rings. The predicted octanol–water partition coefficient (Wildman–Crippen LogP) is 2.82. The first-order chi connectivity index (χ1) is 10.4. The van der Waals surface area contributed by atoms with Crippen molar-refractivity contribution in [1.82, 2.24) is 10.6 Å². The molecule has 0 unspecified atom stereocenters. The Bertz CT molecular complexity index is 577. The Kier molecular flexibility index (Phi) is 5.40. The van der Waals surface area contributed by atoms with E-state index in [2.05, 4.69) is 10.6 Å². The van der Waals surface area contributed by atoms with Gasteiger partial charge in [0.2, 0.25) is 11.8 Å². The lowest BCUT2D eigenvalue weighted by Crippen LogP contribution is -2.43. The molecule has 2 amide bonds. The summed E-state index contributed by atoms with van der Waals surface area (Å²) in [5.74, 6) is -1.11.